The minimum absolute atomic E-state index is 0.0994. The van der Waals surface area contributed by atoms with Gasteiger partial charge >= 0.3 is 6.18 Å². The van der Waals surface area contributed by atoms with Crippen LogP contribution in [-0.2, 0) is 22.4 Å². The lowest BCUT2D eigenvalue weighted by Crippen LogP contribution is -2.11. The molecule has 3 rings (SSSR count). The molecule has 0 fully saturated rings. The molecule has 0 heterocycles. The van der Waals surface area contributed by atoms with Crippen molar-refractivity contribution in [3.63, 3.8) is 0 Å². The molecule has 1 aliphatic carbocycles. The minimum atomic E-state index is -4.60. The van der Waals surface area contributed by atoms with E-state index < -0.39 is 23.7 Å². The molecule has 151 valence electrons. The molecule has 7 heteroatoms. The number of rotatable bonds is 7. The number of halogens is 4. The Kier molecular flexibility index (Phi) is 6.25. The van der Waals surface area contributed by atoms with Crippen LogP contribution in [-0.4, -0.2) is 13.2 Å². The lowest BCUT2D eigenvalue weighted by molar-refractivity contribution is -0.138. The second kappa shape index (κ2) is 8.49. The van der Waals surface area contributed by atoms with E-state index in [9.17, 15) is 22.7 Å². The third-order valence-corrected chi connectivity index (χ3v) is 4.84. The van der Waals surface area contributed by atoms with Crippen molar-refractivity contribution < 1.29 is 32.1 Å². The molecule has 0 saturated carbocycles. The van der Waals surface area contributed by atoms with Gasteiger partial charge in [0, 0.05) is 13.0 Å². The maximum atomic E-state index is 13.8. The highest BCUT2D eigenvalue weighted by molar-refractivity contribution is 5.43. The third-order valence-electron chi connectivity index (χ3n) is 4.84. The van der Waals surface area contributed by atoms with Crippen LogP contribution in [0, 0.1) is 5.82 Å². The van der Waals surface area contributed by atoms with Crippen LogP contribution in [0.2, 0.25) is 0 Å². The Morgan fingerprint density at radius 2 is 1.89 bits per heavy atom. The minimum Gasteiger partial charge on any atom is -0.486 e. The van der Waals surface area contributed by atoms with Crippen LogP contribution < -0.4 is 4.74 Å². The first-order valence-corrected chi connectivity index (χ1v) is 9.19. The van der Waals surface area contributed by atoms with Crippen molar-refractivity contribution in [1.82, 2.24) is 0 Å². The normalized spacial score (nSPS) is 17.4. The molecule has 2 atom stereocenters. The molecule has 0 aromatic heterocycles. The smallest absolute Gasteiger partial charge is 0.416 e. The van der Waals surface area contributed by atoms with Crippen LogP contribution in [0.15, 0.2) is 36.4 Å². The van der Waals surface area contributed by atoms with Crippen molar-refractivity contribution in [2.24, 2.45) is 0 Å². The predicted molar refractivity (Wildman–Crippen MR) is 94.1 cm³/mol. The van der Waals surface area contributed by atoms with Gasteiger partial charge in [0.1, 0.15) is 17.7 Å². The standard InChI is InChI=1S/C21H21F4O3/c1-2-27-19(9-10-26)13-3-5-15(6-4-13)28-20-8-7-16-17(20)11-14(22)12-18(16)21(23,24)25/h3-6,11-12,19-20H,2,7-10H2,1H3/t19-,20+/m0/s1. The summed E-state index contributed by atoms with van der Waals surface area (Å²) in [5.41, 5.74) is 0.251. The van der Waals surface area contributed by atoms with E-state index in [2.05, 4.69) is 0 Å². The zero-order valence-corrected chi connectivity index (χ0v) is 15.4. The third kappa shape index (κ3) is 4.47. The average Bonchev–Trinajstić information content (AvgIpc) is 3.03. The van der Waals surface area contributed by atoms with E-state index in [-0.39, 0.29) is 30.3 Å². The van der Waals surface area contributed by atoms with E-state index >= 15 is 0 Å². The van der Waals surface area contributed by atoms with Crippen LogP contribution in [0.5, 0.6) is 5.75 Å². The zero-order chi connectivity index (χ0) is 20.3. The van der Waals surface area contributed by atoms with Crippen molar-refractivity contribution in [2.75, 3.05) is 13.2 Å². The molecular weight excluding hydrogens is 376 g/mol. The molecule has 1 aliphatic rings. The van der Waals surface area contributed by atoms with Crippen LogP contribution >= 0.6 is 0 Å². The van der Waals surface area contributed by atoms with E-state index in [0.717, 1.165) is 11.6 Å². The fourth-order valence-corrected chi connectivity index (χ4v) is 3.61. The highest BCUT2D eigenvalue weighted by Crippen LogP contribution is 2.42. The molecule has 0 amide bonds. The lowest BCUT2D eigenvalue weighted by atomic mass is 10.0. The van der Waals surface area contributed by atoms with E-state index in [1.807, 2.05) is 6.92 Å². The molecule has 28 heavy (non-hydrogen) atoms. The Morgan fingerprint density at radius 1 is 1.18 bits per heavy atom. The molecule has 1 radical (unpaired) electrons. The van der Waals surface area contributed by atoms with Crippen LogP contribution in [0.3, 0.4) is 0 Å². The van der Waals surface area contributed by atoms with E-state index in [1.54, 1.807) is 24.3 Å². The first-order chi connectivity index (χ1) is 13.3. The first-order valence-electron chi connectivity index (χ1n) is 9.19. The maximum Gasteiger partial charge on any atom is 0.416 e. The topological polar surface area (TPSA) is 38.4 Å². The van der Waals surface area contributed by atoms with Crippen LogP contribution in [0.25, 0.3) is 0 Å². The van der Waals surface area contributed by atoms with Gasteiger partial charge in [-0.15, -0.1) is 0 Å². The molecule has 0 spiro atoms. The van der Waals surface area contributed by atoms with E-state index in [0.29, 0.717) is 31.3 Å². The molecular formula is C21H21F4O3. The van der Waals surface area contributed by atoms with Crippen molar-refractivity contribution in [3.8, 4) is 5.75 Å². The monoisotopic (exact) mass is 397 g/mol. The first kappa shape index (κ1) is 20.6. The second-order valence-corrected chi connectivity index (χ2v) is 6.67. The fraction of sp³-hybridized carbons (Fsp3) is 0.429. The fourth-order valence-electron chi connectivity index (χ4n) is 3.61. The Bertz CT molecular complexity index is 797. The lowest BCUT2D eigenvalue weighted by Gasteiger charge is -2.19. The van der Waals surface area contributed by atoms with Gasteiger partial charge in [0.05, 0.1) is 18.3 Å². The Labute approximate surface area is 160 Å². The number of alkyl halides is 3. The van der Waals surface area contributed by atoms with Crippen LogP contribution in [0.4, 0.5) is 17.6 Å². The summed E-state index contributed by atoms with van der Waals surface area (Å²) in [5, 5.41) is 10.9. The number of benzene rings is 2. The SMILES string of the molecule is CCO[C@@H](CC[O])c1ccc(O[C@@H]2CCc3c2cc(F)cc3C(F)(F)F)cc1. The Hall–Kier alpha value is -2.12. The summed E-state index contributed by atoms with van der Waals surface area (Å²) in [6.07, 6.45) is -4.65. The van der Waals surface area contributed by atoms with Gasteiger partial charge in [0.25, 0.3) is 0 Å². The number of fused-ring (bicyclic) bond motifs is 1. The van der Waals surface area contributed by atoms with Crippen LogP contribution in [0.1, 0.15) is 54.2 Å². The number of hydrogen-bond acceptors (Lipinski definition) is 2. The predicted octanol–water partition coefficient (Wildman–Crippen LogP) is 5.81. The summed E-state index contributed by atoms with van der Waals surface area (Å²) in [4.78, 5) is 0. The maximum absolute atomic E-state index is 13.8. The van der Waals surface area contributed by atoms with Gasteiger partial charge in [-0.25, -0.2) is 9.50 Å². The largest absolute Gasteiger partial charge is 0.486 e. The summed E-state index contributed by atoms with van der Waals surface area (Å²) < 4.78 is 64.7. The molecule has 0 aliphatic heterocycles. The van der Waals surface area contributed by atoms with Gasteiger partial charge in [0.15, 0.2) is 0 Å². The van der Waals surface area contributed by atoms with E-state index in [1.165, 1.54) is 0 Å². The van der Waals surface area contributed by atoms with Gasteiger partial charge in [-0.3, -0.25) is 0 Å². The average molecular weight is 397 g/mol. The number of ether oxygens (including phenoxy) is 2. The van der Waals surface area contributed by atoms with Gasteiger partial charge in [0.2, 0.25) is 0 Å². The van der Waals surface area contributed by atoms with Crippen molar-refractivity contribution >= 4 is 0 Å². The zero-order valence-electron chi connectivity index (χ0n) is 15.4. The second-order valence-electron chi connectivity index (χ2n) is 6.67. The molecule has 0 N–H and O–H groups in total. The summed E-state index contributed by atoms with van der Waals surface area (Å²) in [6, 6.07) is 8.58. The van der Waals surface area contributed by atoms with Gasteiger partial charge < -0.3 is 9.47 Å². The summed E-state index contributed by atoms with van der Waals surface area (Å²) in [7, 11) is 0. The molecule has 2 aromatic carbocycles. The quantitative estimate of drug-likeness (QED) is 0.553. The Morgan fingerprint density at radius 3 is 2.50 bits per heavy atom. The summed E-state index contributed by atoms with van der Waals surface area (Å²) >= 11 is 0. The highest BCUT2D eigenvalue weighted by atomic mass is 19.4. The van der Waals surface area contributed by atoms with E-state index in [4.69, 9.17) is 9.47 Å². The summed E-state index contributed by atoms with van der Waals surface area (Å²) in [5.74, 6) is -0.453. The van der Waals surface area contributed by atoms with Gasteiger partial charge in [-0.1, -0.05) is 12.1 Å². The van der Waals surface area contributed by atoms with Gasteiger partial charge in [-0.05, 0) is 60.7 Å². The molecule has 0 saturated heterocycles. The Balaban J connectivity index is 1.79. The van der Waals surface area contributed by atoms with Crippen molar-refractivity contribution in [2.45, 2.75) is 44.6 Å². The molecule has 0 bridgehead atoms. The number of hydrogen-bond donors (Lipinski definition) is 0. The van der Waals surface area contributed by atoms with Crippen molar-refractivity contribution in [3.05, 3.63) is 64.5 Å². The molecule has 0 unspecified atom stereocenters. The molecule has 3 nitrogen and oxygen atoms in total. The van der Waals surface area contributed by atoms with Crippen molar-refractivity contribution in [1.29, 1.82) is 0 Å². The van der Waals surface area contributed by atoms with Gasteiger partial charge in [-0.2, -0.15) is 13.2 Å². The summed E-state index contributed by atoms with van der Waals surface area (Å²) in [6.45, 7) is 2.07. The highest BCUT2D eigenvalue weighted by Gasteiger charge is 2.38. The molecule has 2 aromatic rings.